The molecule has 154 valence electrons. The van der Waals surface area contributed by atoms with E-state index in [1.165, 1.54) is 16.5 Å². The first-order valence-corrected chi connectivity index (χ1v) is 9.97. The molecule has 0 fully saturated rings. The van der Waals surface area contributed by atoms with E-state index < -0.39 is 0 Å². The standard InChI is InChI=1S/C23H25N5O2/c1-28-14-17(19-10-3-4-11-20(19)28)8-6-12-22(29)24-18-9-5-7-16(13-18)23-25-21(15-30-2)26-27-23/h3-5,7,9-11,13-14H,6,8,12,15H2,1-2H3,(H,24,29)(H,25,26,27). The number of nitrogens with zero attached hydrogens (tertiary/aromatic N) is 3. The summed E-state index contributed by atoms with van der Waals surface area (Å²) in [5.74, 6) is 1.24. The minimum absolute atomic E-state index is 0.00226. The zero-order valence-corrected chi connectivity index (χ0v) is 17.2. The lowest BCUT2D eigenvalue weighted by Gasteiger charge is -2.06. The van der Waals surface area contributed by atoms with E-state index in [2.05, 4.69) is 56.5 Å². The molecule has 2 heterocycles. The van der Waals surface area contributed by atoms with E-state index in [1.54, 1.807) is 7.11 Å². The Morgan fingerprint density at radius 1 is 1.20 bits per heavy atom. The highest BCUT2D eigenvalue weighted by molar-refractivity contribution is 5.91. The van der Waals surface area contributed by atoms with Crippen LogP contribution < -0.4 is 5.32 Å². The van der Waals surface area contributed by atoms with Crippen molar-refractivity contribution in [3.8, 4) is 11.4 Å². The number of para-hydroxylation sites is 1. The molecule has 0 aliphatic rings. The molecule has 0 saturated heterocycles. The van der Waals surface area contributed by atoms with Crippen LogP contribution in [-0.2, 0) is 29.6 Å². The third-order valence-electron chi connectivity index (χ3n) is 5.05. The van der Waals surface area contributed by atoms with E-state index in [9.17, 15) is 4.79 Å². The summed E-state index contributed by atoms with van der Waals surface area (Å²) in [6.45, 7) is 0.375. The maximum Gasteiger partial charge on any atom is 0.224 e. The summed E-state index contributed by atoms with van der Waals surface area (Å²) in [7, 11) is 3.66. The molecule has 2 aromatic carbocycles. The van der Waals surface area contributed by atoms with Crippen LogP contribution in [0.2, 0.25) is 0 Å². The van der Waals surface area contributed by atoms with Crippen molar-refractivity contribution in [2.45, 2.75) is 25.9 Å². The Labute approximate surface area is 175 Å². The number of hydrogen-bond acceptors (Lipinski definition) is 4. The maximum absolute atomic E-state index is 12.4. The fourth-order valence-electron chi connectivity index (χ4n) is 3.65. The number of benzene rings is 2. The SMILES string of the molecule is COCc1nc(-c2cccc(NC(=O)CCCc3cn(C)c4ccccc34)c2)n[nH]1. The molecule has 2 N–H and O–H groups in total. The highest BCUT2D eigenvalue weighted by Gasteiger charge is 2.10. The van der Waals surface area contributed by atoms with Gasteiger partial charge in [-0.2, -0.15) is 5.10 Å². The first kappa shape index (κ1) is 19.8. The van der Waals surface area contributed by atoms with E-state index in [1.807, 2.05) is 30.3 Å². The van der Waals surface area contributed by atoms with Crippen molar-refractivity contribution in [2.75, 3.05) is 12.4 Å². The first-order chi connectivity index (χ1) is 14.6. The van der Waals surface area contributed by atoms with E-state index >= 15 is 0 Å². The van der Waals surface area contributed by atoms with Gasteiger partial charge < -0.3 is 14.6 Å². The maximum atomic E-state index is 12.4. The van der Waals surface area contributed by atoms with Gasteiger partial charge in [-0.25, -0.2) is 4.98 Å². The Bertz CT molecular complexity index is 1160. The van der Waals surface area contributed by atoms with Gasteiger partial charge in [0.05, 0.1) is 0 Å². The Morgan fingerprint density at radius 3 is 2.93 bits per heavy atom. The zero-order chi connectivity index (χ0) is 20.9. The number of aromatic nitrogens is 4. The van der Waals surface area contributed by atoms with Crippen molar-refractivity contribution in [1.82, 2.24) is 19.7 Å². The summed E-state index contributed by atoms with van der Waals surface area (Å²) >= 11 is 0. The van der Waals surface area contributed by atoms with Crippen molar-refractivity contribution in [2.24, 2.45) is 7.05 Å². The molecule has 4 aromatic rings. The number of hydrogen-bond donors (Lipinski definition) is 2. The minimum Gasteiger partial charge on any atom is -0.377 e. The van der Waals surface area contributed by atoms with Crippen molar-refractivity contribution >= 4 is 22.5 Å². The van der Waals surface area contributed by atoms with Crippen LogP contribution in [0, 0.1) is 0 Å². The average molecular weight is 403 g/mol. The summed E-state index contributed by atoms with van der Waals surface area (Å²) < 4.78 is 7.19. The summed E-state index contributed by atoms with van der Waals surface area (Å²) in [5, 5.41) is 11.3. The van der Waals surface area contributed by atoms with E-state index in [-0.39, 0.29) is 5.91 Å². The summed E-state index contributed by atoms with van der Waals surface area (Å²) in [5.41, 5.74) is 4.07. The third kappa shape index (κ3) is 4.41. The Balaban J connectivity index is 1.35. The lowest BCUT2D eigenvalue weighted by Crippen LogP contribution is -2.11. The molecule has 0 radical (unpaired) electrons. The number of aryl methyl sites for hydroxylation is 2. The van der Waals surface area contributed by atoms with Gasteiger partial charge in [0.15, 0.2) is 11.6 Å². The van der Waals surface area contributed by atoms with E-state index in [0.717, 1.165) is 24.1 Å². The summed E-state index contributed by atoms with van der Waals surface area (Å²) in [6, 6.07) is 15.9. The molecule has 7 heteroatoms. The quantitative estimate of drug-likeness (QED) is 0.464. The highest BCUT2D eigenvalue weighted by Crippen LogP contribution is 2.23. The summed E-state index contributed by atoms with van der Waals surface area (Å²) in [6.07, 6.45) is 4.28. The van der Waals surface area contributed by atoms with Gasteiger partial charge in [0.25, 0.3) is 0 Å². The molecular formula is C23H25N5O2. The minimum atomic E-state index is 0.00226. The van der Waals surface area contributed by atoms with Crippen LogP contribution in [0.1, 0.15) is 24.2 Å². The lowest BCUT2D eigenvalue weighted by molar-refractivity contribution is -0.116. The smallest absolute Gasteiger partial charge is 0.224 e. The average Bonchev–Trinajstić information content (AvgIpc) is 3.34. The third-order valence-corrected chi connectivity index (χ3v) is 5.05. The Kier molecular flexibility index (Phi) is 5.90. The van der Waals surface area contributed by atoms with Gasteiger partial charge in [0, 0.05) is 48.9 Å². The van der Waals surface area contributed by atoms with Crippen molar-refractivity contribution < 1.29 is 9.53 Å². The normalized spacial score (nSPS) is 11.1. The molecule has 2 aromatic heterocycles. The fraction of sp³-hybridized carbons (Fsp3) is 0.261. The molecule has 0 saturated carbocycles. The molecule has 0 spiro atoms. The molecular weight excluding hydrogens is 378 g/mol. The van der Waals surface area contributed by atoms with Gasteiger partial charge in [-0.05, 0) is 36.6 Å². The van der Waals surface area contributed by atoms with Gasteiger partial charge in [-0.15, -0.1) is 0 Å². The Morgan fingerprint density at radius 2 is 2.07 bits per heavy atom. The van der Waals surface area contributed by atoms with Crippen LogP contribution >= 0.6 is 0 Å². The van der Waals surface area contributed by atoms with Crippen LogP contribution in [0.5, 0.6) is 0 Å². The lowest BCUT2D eigenvalue weighted by atomic mass is 10.1. The number of ether oxygens (including phenoxy) is 1. The van der Waals surface area contributed by atoms with Gasteiger partial charge in [0.1, 0.15) is 6.61 Å². The van der Waals surface area contributed by atoms with Crippen LogP contribution in [0.25, 0.3) is 22.3 Å². The number of aromatic amines is 1. The number of fused-ring (bicyclic) bond motifs is 1. The molecule has 1 amide bonds. The number of nitrogens with one attached hydrogen (secondary N) is 2. The van der Waals surface area contributed by atoms with Crippen LogP contribution in [0.4, 0.5) is 5.69 Å². The van der Waals surface area contributed by atoms with Crippen LogP contribution in [-0.4, -0.2) is 32.8 Å². The number of H-pyrrole nitrogens is 1. The molecule has 4 rings (SSSR count). The fourth-order valence-corrected chi connectivity index (χ4v) is 3.65. The predicted octanol–water partition coefficient (Wildman–Crippen LogP) is 4.07. The number of methoxy groups -OCH3 is 1. The van der Waals surface area contributed by atoms with Gasteiger partial charge in [-0.3, -0.25) is 9.89 Å². The number of rotatable bonds is 8. The monoisotopic (exact) mass is 403 g/mol. The van der Waals surface area contributed by atoms with E-state index in [4.69, 9.17) is 4.74 Å². The molecule has 0 aliphatic carbocycles. The molecule has 0 aliphatic heterocycles. The molecule has 0 bridgehead atoms. The van der Waals surface area contributed by atoms with Gasteiger partial charge in [0.2, 0.25) is 5.91 Å². The van der Waals surface area contributed by atoms with Gasteiger partial charge in [-0.1, -0.05) is 30.3 Å². The van der Waals surface area contributed by atoms with Crippen LogP contribution in [0.3, 0.4) is 0 Å². The second-order valence-electron chi connectivity index (χ2n) is 7.30. The highest BCUT2D eigenvalue weighted by atomic mass is 16.5. The predicted molar refractivity (Wildman–Crippen MR) is 117 cm³/mol. The van der Waals surface area contributed by atoms with Crippen molar-refractivity contribution in [3.63, 3.8) is 0 Å². The topological polar surface area (TPSA) is 84.8 Å². The number of anilines is 1. The van der Waals surface area contributed by atoms with Crippen LogP contribution in [0.15, 0.2) is 54.7 Å². The number of carbonyl (C=O) groups excluding carboxylic acids is 1. The molecule has 7 nitrogen and oxygen atoms in total. The molecule has 0 unspecified atom stereocenters. The largest absolute Gasteiger partial charge is 0.377 e. The van der Waals surface area contributed by atoms with Crippen molar-refractivity contribution in [1.29, 1.82) is 0 Å². The Hall–Kier alpha value is -3.45. The summed E-state index contributed by atoms with van der Waals surface area (Å²) in [4.78, 5) is 16.8. The zero-order valence-electron chi connectivity index (χ0n) is 17.2. The van der Waals surface area contributed by atoms with E-state index in [0.29, 0.717) is 24.7 Å². The molecule has 30 heavy (non-hydrogen) atoms. The first-order valence-electron chi connectivity index (χ1n) is 9.97. The second-order valence-corrected chi connectivity index (χ2v) is 7.30. The number of amides is 1. The van der Waals surface area contributed by atoms with Crippen molar-refractivity contribution in [3.05, 3.63) is 66.1 Å². The van der Waals surface area contributed by atoms with Gasteiger partial charge >= 0.3 is 0 Å². The molecule has 0 atom stereocenters. The number of carbonyl (C=O) groups is 1. The second kappa shape index (κ2) is 8.92.